The van der Waals surface area contributed by atoms with Crippen LogP contribution in [0, 0.1) is 0 Å². The third kappa shape index (κ3) is 4.51. The molecule has 1 aliphatic heterocycles. The fourth-order valence-electron chi connectivity index (χ4n) is 3.80. The van der Waals surface area contributed by atoms with Crippen molar-refractivity contribution in [3.63, 3.8) is 0 Å². The lowest BCUT2D eigenvalue weighted by atomic mass is 9.96. The quantitative estimate of drug-likeness (QED) is 0.525. The summed E-state index contributed by atoms with van der Waals surface area (Å²) in [5.41, 5.74) is 1.58. The van der Waals surface area contributed by atoms with Gasteiger partial charge in [-0.3, -0.25) is 9.36 Å². The van der Waals surface area contributed by atoms with Crippen LogP contribution in [0.1, 0.15) is 37.9 Å². The summed E-state index contributed by atoms with van der Waals surface area (Å²) in [4.78, 5) is 31.5. The van der Waals surface area contributed by atoms with Gasteiger partial charge in [-0.05, 0) is 62.7 Å². The second-order valence-electron chi connectivity index (χ2n) is 7.51. The maximum absolute atomic E-state index is 13.6. The number of carbonyl (C=O) groups is 1. The van der Waals surface area contributed by atoms with E-state index < -0.39 is 12.0 Å². The molecule has 3 aromatic rings. The Hall–Kier alpha value is -3.36. The number of hydrogen-bond acceptors (Lipinski definition) is 7. The lowest BCUT2D eigenvalue weighted by molar-refractivity contribution is -0.139. The van der Waals surface area contributed by atoms with E-state index in [2.05, 4.69) is 4.99 Å². The minimum atomic E-state index is -0.721. The predicted molar refractivity (Wildman–Crippen MR) is 131 cm³/mol. The Morgan fingerprint density at radius 3 is 2.62 bits per heavy atom. The van der Waals surface area contributed by atoms with Gasteiger partial charge in [0.1, 0.15) is 11.5 Å². The van der Waals surface area contributed by atoms with E-state index in [9.17, 15) is 14.7 Å². The number of nitrogens with zero attached hydrogens (tertiary/aromatic N) is 2. The molecule has 1 unspecified atom stereocenters. The number of aromatic nitrogens is 1. The topological polar surface area (TPSA) is 90.1 Å². The van der Waals surface area contributed by atoms with Crippen molar-refractivity contribution in [3.8, 4) is 11.5 Å². The number of halogens is 1. The van der Waals surface area contributed by atoms with Gasteiger partial charge < -0.3 is 14.6 Å². The van der Waals surface area contributed by atoms with E-state index in [1.807, 2.05) is 19.1 Å². The van der Waals surface area contributed by atoms with E-state index in [1.54, 1.807) is 44.2 Å². The van der Waals surface area contributed by atoms with E-state index in [0.717, 1.165) is 5.56 Å². The molecule has 2 heterocycles. The molecule has 0 fully saturated rings. The summed E-state index contributed by atoms with van der Waals surface area (Å²) in [6.07, 6.45) is 1.57. The third-order valence-electron chi connectivity index (χ3n) is 5.30. The third-order valence-corrected chi connectivity index (χ3v) is 6.52. The summed E-state index contributed by atoms with van der Waals surface area (Å²) in [5.74, 6) is 0.166. The number of benzene rings is 2. The van der Waals surface area contributed by atoms with Crippen LogP contribution in [0.25, 0.3) is 6.08 Å². The van der Waals surface area contributed by atoms with Crippen molar-refractivity contribution in [2.45, 2.75) is 26.8 Å². The highest BCUT2D eigenvalue weighted by molar-refractivity contribution is 7.07. The van der Waals surface area contributed by atoms with Gasteiger partial charge in [0.15, 0.2) is 4.80 Å². The van der Waals surface area contributed by atoms with Gasteiger partial charge in [0, 0.05) is 10.6 Å². The molecule has 1 aliphatic rings. The lowest BCUT2D eigenvalue weighted by Gasteiger charge is -2.24. The molecule has 34 heavy (non-hydrogen) atoms. The average Bonchev–Trinajstić information content (AvgIpc) is 3.11. The number of thiazole rings is 1. The number of fused-ring (bicyclic) bond motifs is 1. The molecule has 0 saturated heterocycles. The van der Waals surface area contributed by atoms with E-state index in [1.165, 1.54) is 22.0 Å². The molecule has 9 heteroatoms. The molecule has 2 aromatic carbocycles. The van der Waals surface area contributed by atoms with Crippen molar-refractivity contribution in [2.75, 3.05) is 13.2 Å². The minimum absolute atomic E-state index is 0.00157. The minimum Gasteiger partial charge on any atom is -0.507 e. The van der Waals surface area contributed by atoms with Crippen LogP contribution in [-0.4, -0.2) is 28.9 Å². The fourth-order valence-corrected chi connectivity index (χ4v) is 5.02. The van der Waals surface area contributed by atoms with Gasteiger partial charge >= 0.3 is 5.97 Å². The molecule has 0 spiro atoms. The van der Waals surface area contributed by atoms with Crippen LogP contribution >= 0.6 is 22.9 Å². The van der Waals surface area contributed by atoms with Crippen LogP contribution in [-0.2, 0) is 9.53 Å². The number of aromatic hydroxyl groups is 1. The predicted octanol–water partition coefficient (Wildman–Crippen LogP) is 3.56. The summed E-state index contributed by atoms with van der Waals surface area (Å²) in [5, 5.41) is 10.6. The number of ether oxygens (including phenoxy) is 2. The van der Waals surface area contributed by atoms with Crippen molar-refractivity contribution in [2.24, 2.45) is 4.99 Å². The second-order valence-corrected chi connectivity index (χ2v) is 8.95. The number of phenolic OH excluding ortho intramolecular Hbond substituents is 1. The first-order valence-electron chi connectivity index (χ1n) is 10.7. The summed E-state index contributed by atoms with van der Waals surface area (Å²) in [6, 6.07) is 11.2. The zero-order valence-electron chi connectivity index (χ0n) is 18.9. The Labute approximate surface area is 204 Å². The largest absolute Gasteiger partial charge is 0.507 e. The van der Waals surface area contributed by atoms with Gasteiger partial charge in [-0.25, -0.2) is 9.79 Å². The molecule has 0 saturated carbocycles. The summed E-state index contributed by atoms with van der Waals surface area (Å²) >= 11 is 7.24. The number of phenols is 1. The Kier molecular flexibility index (Phi) is 6.90. The lowest BCUT2D eigenvalue weighted by Crippen LogP contribution is -2.39. The van der Waals surface area contributed by atoms with E-state index in [0.29, 0.717) is 43.5 Å². The van der Waals surface area contributed by atoms with Gasteiger partial charge in [-0.15, -0.1) is 0 Å². The molecule has 1 aromatic heterocycles. The van der Waals surface area contributed by atoms with Crippen molar-refractivity contribution >= 4 is 35.0 Å². The van der Waals surface area contributed by atoms with E-state index in [-0.39, 0.29) is 17.9 Å². The van der Waals surface area contributed by atoms with Crippen LogP contribution in [0.2, 0.25) is 5.02 Å². The number of carbonyl (C=O) groups excluding carboxylic acids is 1. The summed E-state index contributed by atoms with van der Waals surface area (Å²) in [6.45, 7) is 6.08. The van der Waals surface area contributed by atoms with Crippen molar-refractivity contribution < 1.29 is 19.4 Å². The van der Waals surface area contributed by atoms with Gasteiger partial charge in [0.2, 0.25) is 0 Å². The highest BCUT2D eigenvalue weighted by Crippen LogP contribution is 2.31. The number of rotatable bonds is 6. The second kappa shape index (κ2) is 9.87. The van der Waals surface area contributed by atoms with Gasteiger partial charge in [0.05, 0.1) is 35.1 Å². The van der Waals surface area contributed by atoms with Gasteiger partial charge in [-0.2, -0.15) is 0 Å². The molecular formula is C25H23ClN2O5S. The van der Waals surface area contributed by atoms with Gasteiger partial charge in [0.25, 0.3) is 5.56 Å². The molecule has 0 radical (unpaired) electrons. The highest BCUT2D eigenvalue weighted by Gasteiger charge is 2.33. The molecular weight excluding hydrogens is 476 g/mol. The first-order valence-corrected chi connectivity index (χ1v) is 11.9. The van der Waals surface area contributed by atoms with Crippen LogP contribution in [0.15, 0.2) is 63.5 Å². The number of hydrogen-bond donors (Lipinski definition) is 1. The first kappa shape index (κ1) is 23.8. The maximum Gasteiger partial charge on any atom is 0.338 e. The normalized spacial score (nSPS) is 15.6. The molecule has 176 valence electrons. The van der Waals surface area contributed by atoms with Crippen LogP contribution < -0.4 is 19.6 Å². The van der Waals surface area contributed by atoms with Crippen molar-refractivity contribution in [1.82, 2.24) is 4.57 Å². The Morgan fingerprint density at radius 1 is 1.21 bits per heavy atom. The Balaban J connectivity index is 1.93. The Bertz CT molecular complexity index is 1450. The molecule has 0 amide bonds. The molecule has 4 rings (SSSR count). The molecule has 0 bridgehead atoms. The van der Waals surface area contributed by atoms with Crippen LogP contribution in [0.4, 0.5) is 0 Å². The highest BCUT2D eigenvalue weighted by atomic mass is 35.5. The molecule has 1 N–H and O–H groups in total. The maximum atomic E-state index is 13.6. The van der Waals surface area contributed by atoms with Crippen molar-refractivity contribution in [1.29, 1.82) is 0 Å². The smallest absolute Gasteiger partial charge is 0.338 e. The van der Waals surface area contributed by atoms with Crippen molar-refractivity contribution in [3.05, 3.63) is 89.6 Å². The summed E-state index contributed by atoms with van der Waals surface area (Å²) < 4.78 is 12.7. The monoisotopic (exact) mass is 498 g/mol. The SMILES string of the molecule is CCOC(=O)C1=C(C)N=c2s/c(=C/c3cc(Cl)ccc3O)c(=O)n2C1c1ccc(OCC)cc1. The van der Waals surface area contributed by atoms with Gasteiger partial charge in [-0.1, -0.05) is 35.1 Å². The Morgan fingerprint density at radius 2 is 1.94 bits per heavy atom. The first-order chi connectivity index (χ1) is 16.3. The fraction of sp³-hybridized carbons (Fsp3) is 0.240. The van der Waals surface area contributed by atoms with Crippen LogP contribution in [0.3, 0.4) is 0 Å². The standard InChI is InChI=1S/C25H23ClN2O5S/c1-4-32-18-9-6-15(7-10-18)22-21(24(31)33-5-2)14(3)27-25-28(22)23(30)20(34-25)13-16-12-17(26)8-11-19(16)29/h6-13,22,29H,4-5H2,1-3H3/b20-13+. The number of allylic oxidation sites excluding steroid dienone is 1. The number of esters is 1. The van der Waals surface area contributed by atoms with E-state index in [4.69, 9.17) is 21.1 Å². The summed E-state index contributed by atoms with van der Waals surface area (Å²) in [7, 11) is 0. The molecule has 7 nitrogen and oxygen atoms in total. The molecule has 1 atom stereocenters. The van der Waals surface area contributed by atoms with Crippen LogP contribution in [0.5, 0.6) is 11.5 Å². The zero-order chi connectivity index (χ0) is 24.4. The van der Waals surface area contributed by atoms with E-state index >= 15 is 0 Å². The average molecular weight is 499 g/mol. The molecule has 0 aliphatic carbocycles. The zero-order valence-corrected chi connectivity index (χ0v) is 20.4.